The number of carbonyl (C=O) groups excluding carboxylic acids is 3. The Kier molecular flexibility index (Phi) is 6.06. The largest absolute Gasteiger partial charge is 0.324 e. The second-order valence-electron chi connectivity index (χ2n) is 10.7. The van der Waals surface area contributed by atoms with E-state index >= 15 is 0 Å². The van der Waals surface area contributed by atoms with E-state index in [9.17, 15) is 14.4 Å². The predicted octanol–water partition coefficient (Wildman–Crippen LogP) is 6.48. The number of nitrogens with one attached hydrogen (secondary N) is 1. The molecule has 0 unspecified atom stereocenters. The van der Waals surface area contributed by atoms with Crippen LogP contribution in [0.3, 0.4) is 0 Å². The summed E-state index contributed by atoms with van der Waals surface area (Å²) in [6, 6.07) is 29.8. The second-order valence-corrected chi connectivity index (χ2v) is 12.4. The van der Waals surface area contributed by atoms with Crippen molar-refractivity contribution in [3.05, 3.63) is 136 Å². The molecular weight excluding hydrogens is 579 g/mol. The van der Waals surface area contributed by atoms with Gasteiger partial charge in [0.15, 0.2) is 0 Å². The van der Waals surface area contributed by atoms with Crippen molar-refractivity contribution in [2.45, 2.75) is 22.2 Å². The summed E-state index contributed by atoms with van der Waals surface area (Å²) in [5.41, 5.74) is 4.10. The van der Waals surface area contributed by atoms with Gasteiger partial charge in [-0.1, -0.05) is 96.5 Å². The Bertz CT molecular complexity index is 1620. The topological polar surface area (TPSA) is 66.5 Å². The molecule has 5 nitrogen and oxygen atoms in total. The third-order valence-electron chi connectivity index (χ3n) is 8.60. The molecular formula is C33H23Cl3N2O3. The molecule has 41 heavy (non-hydrogen) atoms. The number of benzene rings is 4. The monoisotopic (exact) mass is 600 g/mol. The Morgan fingerprint density at radius 1 is 0.732 bits per heavy atom. The molecule has 1 heterocycles. The van der Waals surface area contributed by atoms with Crippen molar-refractivity contribution in [3.8, 4) is 0 Å². The molecule has 3 aliphatic carbocycles. The van der Waals surface area contributed by atoms with Crippen molar-refractivity contribution in [1.82, 2.24) is 4.90 Å². The zero-order chi connectivity index (χ0) is 28.5. The van der Waals surface area contributed by atoms with Gasteiger partial charge in [-0.2, -0.15) is 0 Å². The lowest BCUT2D eigenvalue weighted by Gasteiger charge is -2.54. The molecule has 0 aromatic heterocycles. The lowest BCUT2D eigenvalue weighted by atomic mass is 9.54. The van der Waals surface area contributed by atoms with Crippen LogP contribution in [0.15, 0.2) is 103 Å². The fourth-order valence-corrected chi connectivity index (χ4v) is 8.21. The molecule has 8 rings (SSSR count). The Labute approximate surface area is 252 Å². The van der Waals surface area contributed by atoms with Crippen molar-refractivity contribution in [2.24, 2.45) is 11.8 Å². The number of hydrogen-bond donors (Lipinski definition) is 1. The van der Waals surface area contributed by atoms with Crippen LogP contribution in [0.1, 0.15) is 27.8 Å². The van der Waals surface area contributed by atoms with Gasteiger partial charge in [-0.05, 0) is 46.0 Å². The van der Waals surface area contributed by atoms with Gasteiger partial charge >= 0.3 is 0 Å². The molecule has 3 amide bonds. The fraction of sp³-hybridized carbons (Fsp3) is 0.182. The second kappa shape index (κ2) is 9.45. The van der Waals surface area contributed by atoms with Gasteiger partial charge in [0, 0.05) is 17.1 Å². The highest BCUT2D eigenvalue weighted by Gasteiger charge is 2.73. The highest BCUT2D eigenvalue weighted by Crippen LogP contribution is 2.69. The van der Waals surface area contributed by atoms with Crippen molar-refractivity contribution in [2.75, 3.05) is 5.32 Å². The molecule has 204 valence electrons. The van der Waals surface area contributed by atoms with E-state index in [1.165, 1.54) is 0 Å². The van der Waals surface area contributed by atoms with Gasteiger partial charge in [0.2, 0.25) is 17.7 Å². The van der Waals surface area contributed by atoms with E-state index in [1.54, 1.807) is 24.3 Å². The smallest absolute Gasteiger partial charge is 0.248 e. The maximum absolute atomic E-state index is 14.5. The van der Waals surface area contributed by atoms with Gasteiger partial charge in [0.1, 0.15) is 15.8 Å². The summed E-state index contributed by atoms with van der Waals surface area (Å²) in [4.78, 5) is 41.4. The third-order valence-corrected chi connectivity index (χ3v) is 10.1. The number of halogens is 3. The Balaban J connectivity index is 1.37. The number of hydrogen-bond acceptors (Lipinski definition) is 3. The minimum Gasteiger partial charge on any atom is -0.324 e. The number of alkyl halides is 2. The lowest BCUT2D eigenvalue weighted by molar-refractivity contribution is -0.146. The average molecular weight is 602 g/mol. The van der Waals surface area contributed by atoms with Gasteiger partial charge < -0.3 is 5.32 Å². The number of imide groups is 1. The lowest BCUT2D eigenvalue weighted by Crippen LogP contribution is -2.57. The van der Waals surface area contributed by atoms with Crippen LogP contribution >= 0.6 is 34.8 Å². The number of carbonyl (C=O) groups is 3. The van der Waals surface area contributed by atoms with Gasteiger partial charge in [-0.25, -0.2) is 0 Å². The first-order chi connectivity index (χ1) is 19.8. The Hall–Kier alpha value is -3.64. The summed E-state index contributed by atoms with van der Waals surface area (Å²) >= 11 is 21.3. The van der Waals surface area contributed by atoms with Crippen LogP contribution in [0, 0.1) is 11.8 Å². The van der Waals surface area contributed by atoms with E-state index in [0.29, 0.717) is 33.0 Å². The normalized spacial score (nSPS) is 26.3. The standard InChI is InChI=1S/C33H23Cl3N2O3/c34-20-11-8-12-21(18-20)37-29(39)26(17-19-9-2-1-3-10-19)38-30(40)27-28(31(38)41)33(36)23-14-5-4-13-22(23)32(27,35)24-15-6-7-16-25(24)33/h1-16,18,26-28H,17H2,(H,37,39)/t26-,27-,28-,32?,33?/m0/s1. The molecule has 1 saturated heterocycles. The van der Waals surface area contributed by atoms with Crippen molar-refractivity contribution in [1.29, 1.82) is 0 Å². The first-order valence-electron chi connectivity index (χ1n) is 13.3. The van der Waals surface area contributed by atoms with Crippen molar-refractivity contribution >= 4 is 58.2 Å². The van der Waals surface area contributed by atoms with Crippen LogP contribution < -0.4 is 5.32 Å². The molecule has 1 N–H and O–H groups in total. The number of amides is 3. The van der Waals surface area contributed by atoms with E-state index < -0.39 is 45.3 Å². The molecule has 0 radical (unpaired) electrons. The fourth-order valence-electron chi connectivity index (χ4n) is 6.93. The van der Waals surface area contributed by atoms with Crippen LogP contribution in [0.25, 0.3) is 0 Å². The molecule has 4 aromatic carbocycles. The molecule has 4 aliphatic rings. The summed E-state index contributed by atoms with van der Waals surface area (Å²) < 4.78 is 0. The number of nitrogens with zero attached hydrogens (tertiary/aromatic N) is 1. The summed E-state index contributed by atoms with van der Waals surface area (Å²) in [5.74, 6) is -3.50. The number of rotatable bonds is 5. The van der Waals surface area contributed by atoms with Gasteiger partial charge in [-0.3, -0.25) is 19.3 Å². The average Bonchev–Trinajstić information content (AvgIpc) is 3.26. The molecule has 0 spiro atoms. The van der Waals surface area contributed by atoms with E-state index in [-0.39, 0.29) is 6.42 Å². The zero-order valence-electron chi connectivity index (χ0n) is 21.6. The van der Waals surface area contributed by atoms with Gasteiger partial charge in [0.05, 0.1) is 11.8 Å². The summed E-state index contributed by atoms with van der Waals surface area (Å²) in [6.45, 7) is 0. The quantitative estimate of drug-likeness (QED) is 0.210. The highest BCUT2D eigenvalue weighted by atomic mass is 35.5. The van der Waals surface area contributed by atoms with E-state index in [0.717, 1.165) is 10.5 Å². The Morgan fingerprint density at radius 3 is 1.71 bits per heavy atom. The molecule has 4 aromatic rings. The first-order valence-corrected chi connectivity index (χ1v) is 14.4. The SMILES string of the molecule is O=C(Nc1cccc(Cl)c1)[C@H](Cc1ccccc1)N1C(=O)[C@@H]2[C@@H](C1=O)C1(Cl)c3ccccc3C2(Cl)c2ccccc21. The summed E-state index contributed by atoms with van der Waals surface area (Å²) in [5, 5.41) is 3.30. The molecule has 1 aliphatic heterocycles. The highest BCUT2D eigenvalue weighted by molar-refractivity contribution is 6.36. The van der Waals surface area contributed by atoms with Gasteiger partial charge in [0.25, 0.3) is 0 Å². The minimum atomic E-state index is -1.32. The van der Waals surface area contributed by atoms with Crippen LogP contribution in [-0.2, 0) is 30.6 Å². The van der Waals surface area contributed by atoms with Crippen LogP contribution in [0.4, 0.5) is 5.69 Å². The van der Waals surface area contributed by atoms with Crippen LogP contribution in [0.2, 0.25) is 5.02 Å². The van der Waals surface area contributed by atoms with Crippen LogP contribution in [0.5, 0.6) is 0 Å². The van der Waals surface area contributed by atoms with Gasteiger partial charge in [-0.15, -0.1) is 23.2 Å². The third kappa shape index (κ3) is 3.66. The molecule has 3 atom stereocenters. The molecule has 2 bridgehead atoms. The molecule has 8 heteroatoms. The number of anilines is 1. The summed E-state index contributed by atoms with van der Waals surface area (Å²) in [7, 11) is 0. The molecule has 1 fully saturated rings. The summed E-state index contributed by atoms with van der Waals surface area (Å²) in [6.07, 6.45) is 0.120. The molecule has 0 saturated carbocycles. The minimum absolute atomic E-state index is 0.120. The van der Waals surface area contributed by atoms with E-state index in [4.69, 9.17) is 34.8 Å². The predicted molar refractivity (Wildman–Crippen MR) is 159 cm³/mol. The number of likely N-dealkylation sites (tertiary alicyclic amines) is 1. The van der Waals surface area contributed by atoms with E-state index in [2.05, 4.69) is 5.32 Å². The zero-order valence-corrected chi connectivity index (χ0v) is 23.8. The Morgan fingerprint density at radius 2 is 1.22 bits per heavy atom. The maximum atomic E-state index is 14.5. The first kappa shape index (κ1) is 26.3. The van der Waals surface area contributed by atoms with Crippen LogP contribution in [-0.4, -0.2) is 28.7 Å². The van der Waals surface area contributed by atoms with Crippen molar-refractivity contribution in [3.63, 3.8) is 0 Å². The van der Waals surface area contributed by atoms with E-state index in [1.807, 2.05) is 78.9 Å². The maximum Gasteiger partial charge on any atom is 0.248 e. The van der Waals surface area contributed by atoms with Crippen molar-refractivity contribution < 1.29 is 14.4 Å².